The van der Waals surface area contributed by atoms with Crippen LogP contribution < -0.4 is 20.7 Å². The highest BCUT2D eigenvalue weighted by Crippen LogP contribution is 2.22. The Morgan fingerprint density at radius 2 is 0.590 bits per heavy atom. The lowest BCUT2D eigenvalue weighted by Gasteiger charge is -2.41. The van der Waals surface area contributed by atoms with Gasteiger partial charge in [0.25, 0.3) is 16.6 Å². The minimum atomic E-state index is -2.87. The number of rotatable bonds is 10. The van der Waals surface area contributed by atoms with Crippen LogP contribution in [0.15, 0.2) is 144 Å². The highest BCUT2D eigenvalue weighted by atomic mass is 28.4. The highest BCUT2D eigenvalue weighted by Gasteiger charge is 2.48. The van der Waals surface area contributed by atoms with Crippen LogP contribution in [0.4, 0.5) is 0 Å². The number of hydrogen-bond acceptors (Lipinski definition) is 1. The third kappa shape index (κ3) is 7.24. The maximum atomic E-state index is 8.11. The Kier molecular flexibility index (Phi) is 9.09. The van der Waals surface area contributed by atoms with Crippen molar-refractivity contribution in [2.45, 2.75) is 39.3 Å². The molecule has 4 aromatic rings. The molecule has 0 spiro atoms. The Bertz CT molecular complexity index is 1180. The van der Waals surface area contributed by atoms with E-state index in [2.05, 4.69) is 183 Å². The van der Waals surface area contributed by atoms with E-state index in [1.165, 1.54) is 20.7 Å². The molecule has 1 nitrogen and oxygen atoms in total. The quantitative estimate of drug-likeness (QED) is 0.196. The first-order valence-corrected chi connectivity index (χ1v) is 25.0. The molecule has 4 aromatic carbocycles. The van der Waals surface area contributed by atoms with Gasteiger partial charge in [-0.3, -0.25) is 0 Å². The fourth-order valence-electron chi connectivity index (χ4n) is 4.75. The van der Waals surface area contributed by atoms with Crippen LogP contribution in [0, 0.1) is 0 Å². The molecule has 0 unspecified atom stereocenters. The molecule has 0 saturated carbocycles. The van der Waals surface area contributed by atoms with Crippen molar-refractivity contribution >= 4 is 53.5 Å². The molecule has 0 N–H and O–H groups in total. The zero-order chi connectivity index (χ0) is 28.0. The second-order valence-corrected chi connectivity index (χ2v) is 29.3. The summed E-state index contributed by atoms with van der Waals surface area (Å²) in [6, 6.07) is 44.0. The lowest BCUT2D eigenvalue weighted by Crippen LogP contribution is -2.72. The molecule has 0 atom stereocenters. The molecule has 0 amide bonds. The van der Waals surface area contributed by atoms with E-state index in [1.54, 1.807) is 0 Å². The molecular weight excluding hydrogens is 537 g/mol. The molecule has 0 aliphatic carbocycles. The summed E-state index contributed by atoms with van der Waals surface area (Å²) in [5.41, 5.74) is 10.0. The van der Waals surface area contributed by atoms with E-state index < -0.39 is 32.8 Å². The lowest BCUT2D eigenvalue weighted by atomic mass is 10.4. The molecule has 0 saturated heterocycles. The normalized spacial score (nSPS) is 13.3. The predicted molar refractivity (Wildman–Crippen MR) is 182 cm³/mol. The van der Waals surface area contributed by atoms with Gasteiger partial charge in [0.15, 0.2) is 0 Å². The van der Waals surface area contributed by atoms with E-state index in [-0.39, 0.29) is 0 Å². The molecule has 0 radical (unpaired) electrons. The fraction of sp³-hybridized carbons (Fsp3) is 0.176. The largest absolute Gasteiger partial charge is 0.436 e. The van der Waals surface area contributed by atoms with Crippen molar-refractivity contribution in [2.24, 2.45) is 0 Å². The molecule has 5 heteroatoms. The Balaban J connectivity index is 2.12. The SMILES string of the molecule is C[Si](C)(C)/C=C/[Si](O[Si](/C=C/[Si](C)(C)C)(c1ccccc1)c1ccccc1)(c1ccccc1)c1ccccc1. The third-order valence-corrected chi connectivity index (χ3v) is 18.4. The lowest BCUT2D eigenvalue weighted by molar-refractivity contribution is 0.598. The summed E-state index contributed by atoms with van der Waals surface area (Å²) >= 11 is 0. The summed E-state index contributed by atoms with van der Waals surface area (Å²) in [7, 11) is -8.82. The van der Waals surface area contributed by atoms with Crippen molar-refractivity contribution in [1.82, 2.24) is 0 Å². The van der Waals surface area contributed by atoms with E-state index in [4.69, 9.17) is 4.12 Å². The zero-order valence-corrected chi connectivity index (χ0v) is 28.3. The maximum Gasteiger partial charge on any atom is 0.270 e. The summed E-state index contributed by atoms with van der Waals surface area (Å²) in [6.45, 7) is 14.4. The van der Waals surface area contributed by atoms with Crippen LogP contribution >= 0.6 is 0 Å². The van der Waals surface area contributed by atoms with Crippen LogP contribution in [0.25, 0.3) is 0 Å². The Morgan fingerprint density at radius 3 is 0.795 bits per heavy atom. The third-order valence-electron chi connectivity index (χ3n) is 6.77. The first kappa shape index (κ1) is 29.2. The Morgan fingerprint density at radius 1 is 0.359 bits per heavy atom. The highest BCUT2D eigenvalue weighted by molar-refractivity contribution is 7.13. The summed E-state index contributed by atoms with van der Waals surface area (Å²) in [4.78, 5) is 0. The second-order valence-electron chi connectivity index (χ2n) is 12.4. The monoisotopic (exact) mass is 578 g/mol. The van der Waals surface area contributed by atoms with Crippen molar-refractivity contribution in [2.75, 3.05) is 0 Å². The van der Waals surface area contributed by atoms with Crippen LogP contribution in [0.1, 0.15) is 0 Å². The summed E-state index contributed by atoms with van der Waals surface area (Å²) in [6.07, 6.45) is 0. The molecule has 4 rings (SSSR count). The minimum absolute atomic E-state index is 1.29. The molecule has 0 bridgehead atoms. The number of benzene rings is 4. The summed E-state index contributed by atoms with van der Waals surface area (Å²) in [5.74, 6) is 0. The van der Waals surface area contributed by atoms with Gasteiger partial charge in [0, 0.05) is 0 Å². The van der Waals surface area contributed by atoms with Gasteiger partial charge in [-0.15, -0.1) is 0 Å². The average molecular weight is 579 g/mol. The van der Waals surface area contributed by atoms with Gasteiger partial charge in [-0.25, -0.2) is 0 Å². The van der Waals surface area contributed by atoms with Crippen LogP contribution in [-0.2, 0) is 4.12 Å². The molecule has 0 aliphatic heterocycles. The molecule has 39 heavy (non-hydrogen) atoms. The molecule has 0 aromatic heterocycles. The molecular formula is C34H42OSi4. The van der Waals surface area contributed by atoms with Crippen molar-refractivity contribution in [1.29, 1.82) is 0 Å². The van der Waals surface area contributed by atoms with Crippen molar-refractivity contribution in [3.8, 4) is 0 Å². The van der Waals surface area contributed by atoms with Crippen LogP contribution in [-0.4, -0.2) is 32.8 Å². The average Bonchev–Trinajstić information content (AvgIpc) is 2.94. The van der Waals surface area contributed by atoms with E-state index in [9.17, 15) is 0 Å². The van der Waals surface area contributed by atoms with Crippen LogP contribution in [0.2, 0.25) is 39.3 Å². The van der Waals surface area contributed by atoms with Gasteiger partial charge in [0.2, 0.25) is 0 Å². The van der Waals surface area contributed by atoms with Gasteiger partial charge in [-0.05, 0) is 20.7 Å². The second kappa shape index (κ2) is 12.1. The standard InChI is InChI=1S/C34H42OSi4/c1-36(2,3)27-29-38(31-19-11-7-12-20-31,32-21-13-8-14-22-32)35-39(30-28-37(4,5)6,33-23-15-9-16-24-33)34-25-17-10-18-26-34/h7-30H,1-6H3/b29-27+,30-28+. The minimum Gasteiger partial charge on any atom is -0.436 e. The van der Waals surface area contributed by atoms with E-state index in [1.807, 2.05) is 0 Å². The Labute approximate surface area is 240 Å². The van der Waals surface area contributed by atoms with Gasteiger partial charge in [0.05, 0.1) is 16.1 Å². The smallest absolute Gasteiger partial charge is 0.270 e. The van der Waals surface area contributed by atoms with Crippen molar-refractivity contribution < 1.29 is 4.12 Å². The van der Waals surface area contributed by atoms with Gasteiger partial charge in [-0.2, -0.15) is 0 Å². The van der Waals surface area contributed by atoms with Crippen LogP contribution in [0.5, 0.6) is 0 Å². The maximum absolute atomic E-state index is 8.11. The topological polar surface area (TPSA) is 9.23 Å². The molecule has 0 heterocycles. The van der Waals surface area contributed by atoms with Gasteiger partial charge < -0.3 is 4.12 Å². The summed E-state index contributed by atoms with van der Waals surface area (Å²) in [5, 5.41) is 5.15. The van der Waals surface area contributed by atoms with E-state index in [0.29, 0.717) is 0 Å². The fourth-order valence-corrected chi connectivity index (χ4v) is 19.3. The van der Waals surface area contributed by atoms with Gasteiger partial charge >= 0.3 is 0 Å². The number of hydrogen-bond donors (Lipinski definition) is 0. The predicted octanol–water partition coefficient (Wildman–Crippen LogP) is 6.47. The van der Waals surface area contributed by atoms with E-state index in [0.717, 1.165) is 0 Å². The van der Waals surface area contributed by atoms with Crippen molar-refractivity contribution in [3.05, 3.63) is 144 Å². The van der Waals surface area contributed by atoms with Gasteiger partial charge in [0.1, 0.15) is 0 Å². The van der Waals surface area contributed by atoms with Crippen LogP contribution in [0.3, 0.4) is 0 Å². The van der Waals surface area contributed by atoms with Crippen molar-refractivity contribution in [3.63, 3.8) is 0 Å². The zero-order valence-electron chi connectivity index (χ0n) is 24.3. The first-order chi connectivity index (χ1) is 18.5. The Hall–Kier alpha value is -2.81. The molecule has 200 valence electrons. The van der Waals surface area contributed by atoms with E-state index >= 15 is 0 Å². The van der Waals surface area contributed by atoms with Gasteiger partial charge in [-0.1, -0.05) is 183 Å². The molecule has 0 fully saturated rings. The summed E-state index contributed by atoms with van der Waals surface area (Å²) < 4.78 is 8.11. The molecule has 0 aliphatic rings. The first-order valence-electron chi connectivity index (χ1n) is 13.9.